The van der Waals surface area contributed by atoms with Crippen molar-refractivity contribution in [3.8, 4) is 5.75 Å². The number of nitro groups is 1. The van der Waals surface area contributed by atoms with Gasteiger partial charge in [0.15, 0.2) is 6.61 Å². The van der Waals surface area contributed by atoms with Crippen molar-refractivity contribution < 1.29 is 14.5 Å². The van der Waals surface area contributed by atoms with Crippen LogP contribution >= 0.6 is 0 Å². The van der Waals surface area contributed by atoms with Gasteiger partial charge in [0.2, 0.25) is 0 Å². The maximum atomic E-state index is 12.4. The van der Waals surface area contributed by atoms with E-state index in [0.717, 1.165) is 23.2 Å². The molecule has 1 aliphatic rings. The van der Waals surface area contributed by atoms with Crippen molar-refractivity contribution in [1.82, 2.24) is 0 Å². The van der Waals surface area contributed by atoms with Gasteiger partial charge in [0.1, 0.15) is 5.75 Å². The Morgan fingerprint density at radius 2 is 2.13 bits per heavy atom. The average Bonchev–Trinajstić information content (AvgIpc) is 2.96. The summed E-state index contributed by atoms with van der Waals surface area (Å²) in [5.74, 6) is 0.164. The molecule has 0 unspecified atom stereocenters. The molecule has 23 heavy (non-hydrogen) atoms. The minimum absolute atomic E-state index is 0.0582. The molecule has 0 N–H and O–H groups in total. The van der Waals surface area contributed by atoms with E-state index in [1.54, 1.807) is 11.0 Å². The summed E-state index contributed by atoms with van der Waals surface area (Å²) in [7, 11) is 0. The van der Waals surface area contributed by atoms with Crippen molar-refractivity contribution in [1.29, 1.82) is 0 Å². The van der Waals surface area contributed by atoms with Crippen molar-refractivity contribution >= 4 is 17.3 Å². The van der Waals surface area contributed by atoms with E-state index in [1.165, 1.54) is 18.2 Å². The van der Waals surface area contributed by atoms with Crippen molar-refractivity contribution in [3.63, 3.8) is 0 Å². The number of fused-ring (bicyclic) bond motifs is 1. The summed E-state index contributed by atoms with van der Waals surface area (Å²) in [5.41, 5.74) is 3.12. The first-order valence-electron chi connectivity index (χ1n) is 7.32. The Morgan fingerprint density at radius 1 is 1.30 bits per heavy atom. The first kappa shape index (κ1) is 15.0. The third-order valence-electron chi connectivity index (χ3n) is 3.83. The molecular weight excluding hydrogens is 296 g/mol. The van der Waals surface area contributed by atoms with Gasteiger partial charge in [-0.3, -0.25) is 14.9 Å². The number of anilines is 1. The molecule has 0 aliphatic carbocycles. The Balaban J connectivity index is 1.68. The van der Waals surface area contributed by atoms with Crippen LogP contribution in [0.1, 0.15) is 11.1 Å². The number of rotatable bonds is 4. The number of benzene rings is 2. The highest BCUT2D eigenvalue weighted by Gasteiger charge is 2.24. The van der Waals surface area contributed by atoms with E-state index in [-0.39, 0.29) is 18.2 Å². The maximum absolute atomic E-state index is 12.4. The van der Waals surface area contributed by atoms with Crippen LogP contribution in [0.25, 0.3) is 0 Å². The van der Waals surface area contributed by atoms with Gasteiger partial charge in [0.25, 0.3) is 11.6 Å². The zero-order valence-corrected chi connectivity index (χ0v) is 12.7. The number of hydrogen-bond acceptors (Lipinski definition) is 4. The van der Waals surface area contributed by atoms with Gasteiger partial charge in [-0.05, 0) is 36.6 Å². The first-order valence-corrected chi connectivity index (χ1v) is 7.32. The van der Waals surface area contributed by atoms with Crippen LogP contribution in [0.2, 0.25) is 0 Å². The SMILES string of the molecule is Cc1ccc2c(c1)N(C(=O)COc1cccc([N+](=O)[O-])c1)CC2. The van der Waals surface area contributed by atoms with E-state index in [2.05, 4.69) is 0 Å². The summed E-state index contributed by atoms with van der Waals surface area (Å²) in [4.78, 5) is 24.3. The third kappa shape index (κ3) is 3.15. The fourth-order valence-corrected chi connectivity index (χ4v) is 2.66. The number of hydrogen-bond donors (Lipinski definition) is 0. The average molecular weight is 312 g/mol. The number of nitro benzene ring substituents is 1. The lowest BCUT2D eigenvalue weighted by atomic mass is 10.1. The molecule has 0 radical (unpaired) electrons. The molecular formula is C17H16N2O4. The molecule has 0 fully saturated rings. The predicted octanol–water partition coefficient (Wildman–Crippen LogP) is 2.87. The van der Waals surface area contributed by atoms with Gasteiger partial charge in [-0.2, -0.15) is 0 Å². The largest absolute Gasteiger partial charge is 0.483 e. The van der Waals surface area contributed by atoms with Crippen LogP contribution in [0.5, 0.6) is 5.75 Å². The summed E-state index contributed by atoms with van der Waals surface area (Å²) in [5, 5.41) is 10.7. The smallest absolute Gasteiger partial charge is 0.273 e. The molecule has 2 aromatic rings. The van der Waals surface area contributed by atoms with Crippen molar-refractivity contribution in [2.24, 2.45) is 0 Å². The summed E-state index contributed by atoms with van der Waals surface area (Å²) < 4.78 is 5.42. The van der Waals surface area contributed by atoms with Crippen LogP contribution in [-0.2, 0) is 11.2 Å². The van der Waals surface area contributed by atoms with Crippen molar-refractivity contribution in [3.05, 3.63) is 63.7 Å². The molecule has 118 valence electrons. The number of amides is 1. The first-order chi connectivity index (χ1) is 11.0. The highest BCUT2D eigenvalue weighted by Crippen LogP contribution is 2.29. The van der Waals surface area contributed by atoms with Crippen molar-refractivity contribution in [2.45, 2.75) is 13.3 Å². The Labute approximate surface area is 133 Å². The topological polar surface area (TPSA) is 72.7 Å². The van der Waals surface area contributed by atoms with E-state index in [0.29, 0.717) is 12.3 Å². The lowest BCUT2D eigenvalue weighted by Crippen LogP contribution is -2.33. The molecule has 0 atom stereocenters. The highest BCUT2D eigenvalue weighted by molar-refractivity contribution is 5.96. The van der Waals surface area contributed by atoms with Gasteiger partial charge in [-0.25, -0.2) is 0 Å². The third-order valence-corrected chi connectivity index (χ3v) is 3.83. The van der Waals surface area contributed by atoms with Gasteiger partial charge < -0.3 is 9.64 Å². The summed E-state index contributed by atoms with van der Waals surface area (Å²) >= 11 is 0. The zero-order chi connectivity index (χ0) is 16.4. The Hall–Kier alpha value is -2.89. The van der Waals surface area contributed by atoms with Crippen LogP contribution in [-0.4, -0.2) is 24.0 Å². The second-order valence-electron chi connectivity index (χ2n) is 5.47. The molecule has 0 saturated carbocycles. The second kappa shape index (κ2) is 6.08. The van der Waals surface area contributed by atoms with E-state index in [1.807, 2.05) is 25.1 Å². The summed E-state index contributed by atoms with van der Waals surface area (Å²) in [6.45, 7) is 2.48. The Kier molecular flexibility index (Phi) is 3.97. The van der Waals surface area contributed by atoms with Gasteiger partial charge in [0, 0.05) is 18.3 Å². The summed E-state index contributed by atoms with van der Waals surface area (Å²) in [6.07, 6.45) is 0.832. The lowest BCUT2D eigenvalue weighted by Gasteiger charge is -2.18. The summed E-state index contributed by atoms with van der Waals surface area (Å²) in [6, 6.07) is 11.9. The standard InChI is InChI=1S/C17H16N2O4/c1-12-5-6-13-7-8-18(16(13)9-12)17(20)11-23-15-4-2-3-14(10-15)19(21)22/h2-6,9-10H,7-8,11H2,1H3. The van der Waals surface area contributed by atoms with Gasteiger partial charge in [-0.1, -0.05) is 18.2 Å². The molecule has 6 heteroatoms. The Morgan fingerprint density at radius 3 is 2.91 bits per heavy atom. The quantitative estimate of drug-likeness (QED) is 0.643. The number of aryl methyl sites for hydroxylation is 1. The van der Waals surface area contributed by atoms with Crippen molar-refractivity contribution in [2.75, 3.05) is 18.1 Å². The normalized spacial score (nSPS) is 12.8. The minimum atomic E-state index is -0.492. The lowest BCUT2D eigenvalue weighted by molar-refractivity contribution is -0.384. The van der Waals surface area contributed by atoms with Crippen LogP contribution < -0.4 is 9.64 Å². The van der Waals surface area contributed by atoms with Crippen LogP contribution in [0.3, 0.4) is 0 Å². The number of carbonyl (C=O) groups excluding carboxylic acids is 1. The van der Waals surface area contributed by atoms with Gasteiger partial charge in [-0.15, -0.1) is 0 Å². The number of non-ortho nitro benzene ring substituents is 1. The molecule has 0 aromatic heterocycles. The fourth-order valence-electron chi connectivity index (χ4n) is 2.66. The highest BCUT2D eigenvalue weighted by atomic mass is 16.6. The molecule has 1 aliphatic heterocycles. The Bertz CT molecular complexity index is 773. The number of carbonyl (C=O) groups is 1. The van der Waals surface area contributed by atoms with Crippen LogP contribution in [0.4, 0.5) is 11.4 Å². The minimum Gasteiger partial charge on any atom is -0.483 e. The van der Waals surface area contributed by atoms with Gasteiger partial charge in [0.05, 0.1) is 11.0 Å². The molecule has 1 amide bonds. The van der Waals surface area contributed by atoms with Crippen LogP contribution in [0.15, 0.2) is 42.5 Å². The molecule has 3 rings (SSSR count). The van der Waals surface area contributed by atoms with E-state index < -0.39 is 4.92 Å². The molecule has 6 nitrogen and oxygen atoms in total. The fraction of sp³-hybridized carbons (Fsp3) is 0.235. The number of nitrogens with zero attached hydrogens (tertiary/aromatic N) is 2. The molecule has 0 bridgehead atoms. The molecule has 0 saturated heterocycles. The zero-order valence-electron chi connectivity index (χ0n) is 12.7. The monoisotopic (exact) mass is 312 g/mol. The second-order valence-corrected chi connectivity index (χ2v) is 5.47. The molecule has 2 aromatic carbocycles. The van der Waals surface area contributed by atoms with Crippen LogP contribution in [0, 0.1) is 17.0 Å². The molecule has 1 heterocycles. The van der Waals surface area contributed by atoms with E-state index in [9.17, 15) is 14.9 Å². The predicted molar refractivity (Wildman–Crippen MR) is 85.8 cm³/mol. The van der Waals surface area contributed by atoms with E-state index >= 15 is 0 Å². The maximum Gasteiger partial charge on any atom is 0.273 e. The molecule has 0 spiro atoms. The number of ether oxygens (including phenoxy) is 1. The van der Waals surface area contributed by atoms with Gasteiger partial charge >= 0.3 is 0 Å². The van der Waals surface area contributed by atoms with E-state index in [4.69, 9.17) is 4.74 Å².